The third-order valence-electron chi connectivity index (χ3n) is 3.36. The van der Waals surface area contributed by atoms with Crippen LogP contribution >= 0.6 is 23.2 Å². The molecule has 1 amide bonds. The van der Waals surface area contributed by atoms with Gasteiger partial charge in [-0.1, -0.05) is 29.3 Å². The van der Waals surface area contributed by atoms with Crippen molar-refractivity contribution in [2.75, 3.05) is 39.8 Å². The number of likely N-dealkylation sites (N-methyl/N-ethyl adjacent to an activating group) is 1. The fourth-order valence-corrected chi connectivity index (χ4v) is 2.77. The molecule has 0 atom stereocenters. The third kappa shape index (κ3) is 4.09. The van der Waals surface area contributed by atoms with Gasteiger partial charge in [0.15, 0.2) is 0 Å². The standard InChI is InChI=1S/C14H19Cl2N3O/c1-18(9-11-12(15)3-2-4-13(11)16)10-14(20)19-7-5-17-6-8-19/h2-4,17H,5-10H2,1H3. The second kappa shape index (κ2) is 7.27. The lowest BCUT2D eigenvalue weighted by molar-refractivity contribution is -0.132. The van der Waals surface area contributed by atoms with Crippen molar-refractivity contribution < 1.29 is 4.79 Å². The highest BCUT2D eigenvalue weighted by molar-refractivity contribution is 6.35. The van der Waals surface area contributed by atoms with Gasteiger partial charge in [-0.2, -0.15) is 0 Å². The first kappa shape index (κ1) is 15.6. The fraction of sp³-hybridized carbons (Fsp3) is 0.500. The Kier molecular flexibility index (Phi) is 5.66. The number of hydrogen-bond acceptors (Lipinski definition) is 3. The van der Waals surface area contributed by atoms with Gasteiger partial charge in [-0.15, -0.1) is 0 Å². The summed E-state index contributed by atoms with van der Waals surface area (Å²) in [5, 5.41) is 4.51. The van der Waals surface area contributed by atoms with Crippen molar-refractivity contribution in [1.29, 1.82) is 0 Å². The van der Waals surface area contributed by atoms with E-state index >= 15 is 0 Å². The van der Waals surface area contributed by atoms with Crippen LogP contribution in [0.4, 0.5) is 0 Å². The Morgan fingerprint density at radius 3 is 2.50 bits per heavy atom. The van der Waals surface area contributed by atoms with Crippen molar-refractivity contribution in [3.63, 3.8) is 0 Å². The van der Waals surface area contributed by atoms with Gasteiger partial charge in [0, 0.05) is 48.3 Å². The van der Waals surface area contributed by atoms with Crippen molar-refractivity contribution in [3.8, 4) is 0 Å². The zero-order valence-electron chi connectivity index (χ0n) is 11.5. The number of carbonyl (C=O) groups excluding carboxylic acids is 1. The van der Waals surface area contributed by atoms with Gasteiger partial charge >= 0.3 is 0 Å². The van der Waals surface area contributed by atoms with Crippen LogP contribution in [0.2, 0.25) is 10.0 Å². The molecule has 1 aliphatic heterocycles. The van der Waals surface area contributed by atoms with Crippen LogP contribution < -0.4 is 5.32 Å². The van der Waals surface area contributed by atoms with E-state index in [4.69, 9.17) is 23.2 Å². The third-order valence-corrected chi connectivity index (χ3v) is 4.07. The molecule has 1 saturated heterocycles. The molecule has 1 aliphatic rings. The van der Waals surface area contributed by atoms with Gasteiger partial charge in [0.25, 0.3) is 0 Å². The van der Waals surface area contributed by atoms with Crippen LogP contribution in [0.1, 0.15) is 5.56 Å². The van der Waals surface area contributed by atoms with E-state index in [2.05, 4.69) is 5.32 Å². The second-order valence-electron chi connectivity index (χ2n) is 5.00. The molecular formula is C14H19Cl2N3O. The Morgan fingerprint density at radius 2 is 1.90 bits per heavy atom. The lowest BCUT2D eigenvalue weighted by Crippen LogP contribution is -2.49. The molecule has 0 saturated carbocycles. The second-order valence-corrected chi connectivity index (χ2v) is 5.82. The number of rotatable bonds is 4. The summed E-state index contributed by atoms with van der Waals surface area (Å²) in [7, 11) is 1.90. The smallest absolute Gasteiger partial charge is 0.236 e. The summed E-state index contributed by atoms with van der Waals surface area (Å²) in [6.07, 6.45) is 0. The molecule has 0 spiro atoms. The van der Waals surface area contributed by atoms with Gasteiger partial charge in [0.2, 0.25) is 5.91 Å². The average Bonchev–Trinajstić information content (AvgIpc) is 2.44. The van der Waals surface area contributed by atoms with E-state index in [0.717, 1.165) is 31.7 Å². The van der Waals surface area contributed by atoms with Gasteiger partial charge in [-0.25, -0.2) is 0 Å². The number of hydrogen-bond donors (Lipinski definition) is 1. The lowest BCUT2D eigenvalue weighted by atomic mass is 10.2. The highest BCUT2D eigenvalue weighted by atomic mass is 35.5. The molecule has 0 bridgehead atoms. The molecule has 1 aromatic carbocycles. The first-order valence-corrected chi connectivity index (χ1v) is 7.43. The molecule has 110 valence electrons. The van der Waals surface area contributed by atoms with Gasteiger partial charge in [0.1, 0.15) is 0 Å². The number of halogens is 2. The normalized spacial score (nSPS) is 15.7. The van der Waals surface area contributed by atoms with E-state index < -0.39 is 0 Å². The highest BCUT2D eigenvalue weighted by Gasteiger charge is 2.18. The van der Waals surface area contributed by atoms with E-state index in [1.54, 1.807) is 0 Å². The lowest BCUT2D eigenvalue weighted by Gasteiger charge is -2.29. The maximum Gasteiger partial charge on any atom is 0.236 e. The number of nitrogens with zero attached hydrogens (tertiary/aromatic N) is 2. The molecule has 2 rings (SSSR count). The topological polar surface area (TPSA) is 35.6 Å². The Morgan fingerprint density at radius 1 is 1.30 bits per heavy atom. The first-order valence-electron chi connectivity index (χ1n) is 6.68. The molecule has 0 unspecified atom stereocenters. The Hall–Kier alpha value is -0.810. The Bertz CT molecular complexity index is 455. The molecule has 0 aromatic heterocycles. The van der Waals surface area contributed by atoms with Gasteiger partial charge in [-0.3, -0.25) is 9.69 Å². The summed E-state index contributed by atoms with van der Waals surface area (Å²) < 4.78 is 0. The van der Waals surface area contributed by atoms with Crippen LogP contribution in [0.5, 0.6) is 0 Å². The summed E-state index contributed by atoms with van der Waals surface area (Å²) in [5.41, 5.74) is 0.867. The first-order chi connectivity index (χ1) is 9.58. The van der Waals surface area contributed by atoms with Gasteiger partial charge in [-0.05, 0) is 19.2 Å². The molecule has 1 fully saturated rings. The zero-order chi connectivity index (χ0) is 14.5. The number of amides is 1. The maximum atomic E-state index is 12.2. The quantitative estimate of drug-likeness (QED) is 0.921. The van der Waals surface area contributed by atoms with Crippen molar-refractivity contribution in [2.24, 2.45) is 0 Å². The minimum absolute atomic E-state index is 0.150. The Labute approximate surface area is 129 Å². The van der Waals surface area contributed by atoms with E-state index in [1.165, 1.54) is 0 Å². The molecule has 4 nitrogen and oxygen atoms in total. The van der Waals surface area contributed by atoms with Crippen molar-refractivity contribution >= 4 is 29.1 Å². The highest BCUT2D eigenvalue weighted by Crippen LogP contribution is 2.25. The minimum Gasteiger partial charge on any atom is -0.339 e. The monoisotopic (exact) mass is 315 g/mol. The van der Waals surface area contributed by atoms with Crippen LogP contribution in [-0.2, 0) is 11.3 Å². The molecule has 1 aromatic rings. The minimum atomic E-state index is 0.150. The number of piperazine rings is 1. The summed E-state index contributed by atoms with van der Waals surface area (Å²) in [5.74, 6) is 0.150. The van der Waals surface area contributed by atoms with Crippen LogP contribution in [0.3, 0.4) is 0 Å². The number of carbonyl (C=O) groups is 1. The van der Waals surface area contributed by atoms with E-state index in [-0.39, 0.29) is 5.91 Å². The molecular weight excluding hydrogens is 297 g/mol. The molecule has 1 N–H and O–H groups in total. The molecule has 1 heterocycles. The largest absolute Gasteiger partial charge is 0.339 e. The molecule has 0 aliphatic carbocycles. The van der Waals surface area contributed by atoms with Gasteiger partial charge in [0.05, 0.1) is 6.54 Å². The molecule has 0 radical (unpaired) electrons. The van der Waals surface area contributed by atoms with Crippen molar-refractivity contribution in [2.45, 2.75) is 6.54 Å². The van der Waals surface area contributed by atoms with Crippen molar-refractivity contribution in [1.82, 2.24) is 15.1 Å². The number of nitrogens with one attached hydrogen (secondary N) is 1. The van der Waals surface area contributed by atoms with Crippen LogP contribution in [0.25, 0.3) is 0 Å². The summed E-state index contributed by atoms with van der Waals surface area (Å²) in [6.45, 7) is 4.23. The molecule has 20 heavy (non-hydrogen) atoms. The zero-order valence-corrected chi connectivity index (χ0v) is 13.0. The fourth-order valence-electron chi connectivity index (χ4n) is 2.25. The van der Waals surface area contributed by atoms with E-state index in [9.17, 15) is 4.79 Å². The SMILES string of the molecule is CN(CC(=O)N1CCNCC1)Cc1c(Cl)cccc1Cl. The predicted octanol–water partition coefficient (Wildman–Crippen LogP) is 1.86. The van der Waals surface area contributed by atoms with Crippen LogP contribution in [0, 0.1) is 0 Å². The number of benzene rings is 1. The van der Waals surface area contributed by atoms with E-state index in [0.29, 0.717) is 23.1 Å². The van der Waals surface area contributed by atoms with Crippen LogP contribution in [0.15, 0.2) is 18.2 Å². The predicted molar refractivity (Wildman–Crippen MR) is 82.2 cm³/mol. The van der Waals surface area contributed by atoms with Crippen LogP contribution in [-0.4, -0.2) is 55.5 Å². The average molecular weight is 316 g/mol. The molecule has 6 heteroatoms. The summed E-state index contributed by atoms with van der Waals surface area (Å²) in [6, 6.07) is 5.45. The van der Waals surface area contributed by atoms with Crippen molar-refractivity contribution in [3.05, 3.63) is 33.8 Å². The Balaban J connectivity index is 1.91. The summed E-state index contributed by atoms with van der Waals surface area (Å²) in [4.78, 5) is 16.0. The maximum absolute atomic E-state index is 12.2. The summed E-state index contributed by atoms with van der Waals surface area (Å²) >= 11 is 12.3. The van der Waals surface area contributed by atoms with Gasteiger partial charge < -0.3 is 10.2 Å². The van der Waals surface area contributed by atoms with E-state index in [1.807, 2.05) is 35.0 Å².